The zero-order valence-electron chi connectivity index (χ0n) is 14.1. The summed E-state index contributed by atoms with van der Waals surface area (Å²) in [5.74, 6) is 0.587. The van der Waals surface area contributed by atoms with Crippen LogP contribution in [0.2, 0.25) is 0 Å². The van der Waals surface area contributed by atoms with Gasteiger partial charge in [0.05, 0.1) is 12.8 Å². The van der Waals surface area contributed by atoms with Crippen LogP contribution in [0.5, 0.6) is 5.75 Å². The highest BCUT2D eigenvalue weighted by molar-refractivity contribution is 6.05. The summed E-state index contributed by atoms with van der Waals surface area (Å²) >= 11 is 0. The van der Waals surface area contributed by atoms with Crippen LogP contribution in [0.3, 0.4) is 0 Å². The molecule has 126 valence electrons. The summed E-state index contributed by atoms with van der Waals surface area (Å²) in [6, 6.07) is 13.8. The lowest BCUT2D eigenvalue weighted by Gasteiger charge is -2.10. The van der Waals surface area contributed by atoms with Crippen LogP contribution in [0.25, 0.3) is 0 Å². The third kappa shape index (κ3) is 4.59. The highest BCUT2D eigenvalue weighted by Crippen LogP contribution is 2.23. The summed E-state index contributed by atoms with van der Waals surface area (Å²) in [5.41, 5.74) is 1.61. The molecule has 0 bridgehead atoms. The predicted molar refractivity (Wildman–Crippen MR) is 94.6 cm³/mol. The first-order valence-electron chi connectivity index (χ1n) is 7.84. The van der Waals surface area contributed by atoms with E-state index >= 15 is 0 Å². The van der Waals surface area contributed by atoms with Gasteiger partial charge < -0.3 is 15.4 Å². The molecule has 5 nitrogen and oxygen atoms in total. The monoisotopic (exact) mass is 326 g/mol. The number of amides is 2. The smallest absolute Gasteiger partial charge is 0.255 e. The number of hydrogen-bond donors (Lipinski definition) is 2. The molecule has 2 rings (SSSR count). The first-order valence-corrected chi connectivity index (χ1v) is 7.84. The third-order valence-corrected chi connectivity index (χ3v) is 3.44. The van der Waals surface area contributed by atoms with E-state index in [9.17, 15) is 9.59 Å². The van der Waals surface area contributed by atoms with Gasteiger partial charge >= 0.3 is 0 Å². The molecule has 24 heavy (non-hydrogen) atoms. The van der Waals surface area contributed by atoms with Crippen LogP contribution in [0.4, 0.5) is 5.69 Å². The van der Waals surface area contributed by atoms with E-state index in [1.807, 2.05) is 26.0 Å². The van der Waals surface area contributed by atoms with Gasteiger partial charge in [-0.1, -0.05) is 26.0 Å². The van der Waals surface area contributed by atoms with E-state index in [1.54, 1.807) is 43.5 Å². The molecule has 5 heteroatoms. The Morgan fingerprint density at radius 3 is 2.12 bits per heavy atom. The van der Waals surface area contributed by atoms with E-state index in [0.717, 1.165) is 0 Å². The predicted octanol–water partition coefficient (Wildman–Crippen LogP) is 3.33. The van der Waals surface area contributed by atoms with E-state index in [4.69, 9.17) is 4.74 Å². The largest absolute Gasteiger partial charge is 0.495 e. The summed E-state index contributed by atoms with van der Waals surface area (Å²) in [6.07, 6.45) is 0. The minimum Gasteiger partial charge on any atom is -0.495 e. The molecule has 0 aromatic heterocycles. The van der Waals surface area contributed by atoms with Crippen molar-refractivity contribution in [2.75, 3.05) is 19.0 Å². The van der Waals surface area contributed by atoms with Gasteiger partial charge in [-0.2, -0.15) is 0 Å². The van der Waals surface area contributed by atoms with Gasteiger partial charge in [0.15, 0.2) is 0 Å². The fraction of sp³-hybridized carbons (Fsp3) is 0.263. The van der Waals surface area contributed by atoms with Crippen LogP contribution in [-0.2, 0) is 0 Å². The standard InChI is InChI=1S/C19H22N2O3/c1-13(2)12-20-18(22)14-8-10-15(11-9-14)19(23)21-16-6-4-5-7-17(16)24-3/h4-11,13H,12H2,1-3H3,(H,20,22)(H,21,23). The van der Waals surface area contributed by atoms with E-state index < -0.39 is 0 Å². The Morgan fingerprint density at radius 2 is 1.54 bits per heavy atom. The van der Waals surface area contributed by atoms with Crippen molar-refractivity contribution in [1.29, 1.82) is 0 Å². The molecule has 0 aliphatic heterocycles. The van der Waals surface area contributed by atoms with E-state index in [2.05, 4.69) is 10.6 Å². The Labute approximate surface area is 142 Å². The van der Waals surface area contributed by atoms with Crippen molar-refractivity contribution in [3.63, 3.8) is 0 Å². The number of nitrogens with one attached hydrogen (secondary N) is 2. The Kier molecular flexibility index (Phi) is 5.95. The minimum absolute atomic E-state index is 0.139. The first-order chi connectivity index (χ1) is 11.5. The molecule has 0 aliphatic rings. The minimum atomic E-state index is -0.256. The molecule has 2 N–H and O–H groups in total. The number of benzene rings is 2. The van der Waals surface area contributed by atoms with Gasteiger partial charge in [-0.05, 0) is 42.3 Å². The lowest BCUT2D eigenvalue weighted by Crippen LogP contribution is -2.27. The maximum Gasteiger partial charge on any atom is 0.255 e. The van der Waals surface area contributed by atoms with Crippen LogP contribution < -0.4 is 15.4 Å². The molecule has 2 aromatic rings. The van der Waals surface area contributed by atoms with E-state index in [1.165, 1.54) is 0 Å². The normalized spacial score (nSPS) is 10.3. The van der Waals surface area contributed by atoms with Crippen LogP contribution >= 0.6 is 0 Å². The van der Waals surface area contributed by atoms with Crippen molar-refractivity contribution in [2.45, 2.75) is 13.8 Å². The fourth-order valence-electron chi connectivity index (χ4n) is 2.11. The number of rotatable bonds is 6. The average molecular weight is 326 g/mol. The number of carbonyl (C=O) groups is 2. The van der Waals surface area contributed by atoms with Crippen molar-refractivity contribution < 1.29 is 14.3 Å². The van der Waals surface area contributed by atoms with Gasteiger partial charge in [-0.3, -0.25) is 9.59 Å². The molecule has 0 unspecified atom stereocenters. The Balaban J connectivity index is 2.04. The topological polar surface area (TPSA) is 67.4 Å². The summed E-state index contributed by atoms with van der Waals surface area (Å²) in [4.78, 5) is 24.3. The quantitative estimate of drug-likeness (QED) is 0.855. The van der Waals surface area contributed by atoms with Gasteiger partial charge in [0, 0.05) is 17.7 Å². The molecular weight excluding hydrogens is 304 g/mol. The number of para-hydroxylation sites is 2. The van der Waals surface area contributed by atoms with Crippen molar-refractivity contribution in [3.8, 4) is 5.75 Å². The summed E-state index contributed by atoms with van der Waals surface area (Å²) in [5, 5.41) is 5.65. The second kappa shape index (κ2) is 8.15. The Morgan fingerprint density at radius 1 is 0.958 bits per heavy atom. The number of carbonyl (C=O) groups excluding carboxylic acids is 2. The van der Waals surface area contributed by atoms with Crippen LogP contribution in [-0.4, -0.2) is 25.5 Å². The second-order valence-electron chi connectivity index (χ2n) is 5.84. The number of hydrogen-bond acceptors (Lipinski definition) is 3. The summed E-state index contributed by atoms with van der Waals surface area (Å²) in [6.45, 7) is 4.69. The van der Waals surface area contributed by atoms with Crippen molar-refractivity contribution in [3.05, 3.63) is 59.7 Å². The van der Waals surface area contributed by atoms with Crippen molar-refractivity contribution in [2.24, 2.45) is 5.92 Å². The number of ether oxygens (including phenoxy) is 1. The molecule has 0 aliphatic carbocycles. The molecule has 0 heterocycles. The first kappa shape index (κ1) is 17.5. The van der Waals surface area contributed by atoms with Crippen LogP contribution in [0, 0.1) is 5.92 Å². The van der Waals surface area contributed by atoms with Gasteiger partial charge in [0.25, 0.3) is 11.8 Å². The van der Waals surface area contributed by atoms with E-state index in [0.29, 0.717) is 35.0 Å². The van der Waals surface area contributed by atoms with E-state index in [-0.39, 0.29) is 11.8 Å². The zero-order chi connectivity index (χ0) is 17.5. The summed E-state index contributed by atoms with van der Waals surface area (Å²) in [7, 11) is 1.55. The number of methoxy groups -OCH3 is 1. The lowest BCUT2D eigenvalue weighted by molar-refractivity contribution is 0.0947. The zero-order valence-corrected chi connectivity index (χ0v) is 14.1. The van der Waals surface area contributed by atoms with Crippen LogP contribution in [0.15, 0.2) is 48.5 Å². The van der Waals surface area contributed by atoms with Gasteiger partial charge in [0.2, 0.25) is 0 Å². The van der Waals surface area contributed by atoms with Crippen molar-refractivity contribution >= 4 is 17.5 Å². The summed E-state index contributed by atoms with van der Waals surface area (Å²) < 4.78 is 5.21. The Bertz CT molecular complexity index is 709. The maximum absolute atomic E-state index is 12.3. The van der Waals surface area contributed by atoms with Gasteiger partial charge in [-0.25, -0.2) is 0 Å². The molecule has 0 radical (unpaired) electrons. The molecule has 0 saturated heterocycles. The molecular formula is C19H22N2O3. The van der Waals surface area contributed by atoms with Gasteiger partial charge in [-0.15, -0.1) is 0 Å². The highest BCUT2D eigenvalue weighted by atomic mass is 16.5. The maximum atomic E-state index is 12.3. The molecule has 0 saturated carbocycles. The Hall–Kier alpha value is -2.82. The molecule has 0 spiro atoms. The SMILES string of the molecule is COc1ccccc1NC(=O)c1ccc(C(=O)NCC(C)C)cc1. The second-order valence-corrected chi connectivity index (χ2v) is 5.84. The third-order valence-electron chi connectivity index (χ3n) is 3.44. The van der Waals surface area contributed by atoms with Crippen molar-refractivity contribution in [1.82, 2.24) is 5.32 Å². The fourth-order valence-corrected chi connectivity index (χ4v) is 2.11. The molecule has 2 amide bonds. The molecule has 2 aromatic carbocycles. The highest BCUT2D eigenvalue weighted by Gasteiger charge is 2.11. The molecule has 0 fully saturated rings. The average Bonchev–Trinajstić information content (AvgIpc) is 2.60. The molecule has 0 atom stereocenters. The lowest BCUT2D eigenvalue weighted by atomic mass is 10.1. The van der Waals surface area contributed by atoms with Crippen LogP contribution in [0.1, 0.15) is 34.6 Å². The number of anilines is 1. The van der Waals surface area contributed by atoms with Gasteiger partial charge in [0.1, 0.15) is 5.75 Å².